The number of ether oxygens (including phenoxy) is 3. The van der Waals surface area contributed by atoms with E-state index in [1.54, 1.807) is 36.4 Å². The van der Waals surface area contributed by atoms with Crippen LogP contribution in [-0.4, -0.2) is 38.4 Å². The molecule has 0 bridgehead atoms. The van der Waals surface area contributed by atoms with E-state index in [9.17, 15) is 9.59 Å². The van der Waals surface area contributed by atoms with Gasteiger partial charge in [-0.15, -0.1) is 0 Å². The molecule has 2 aromatic carbocycles. The maximum absolute atomic E-state index is 12.0. The Hall–Kier alpha value is -3.08. The van der Waals surface area contributed by atoms with E-state index in [-0.39, 0.29) is 6.42 Å². The maximum atomic E-state index is 12.0. The lowest BCUT2D eigenvalue weighted by Gasteiger charge is -2.12. The molecule has 31 heavy (non-hydrogen) atoms. The number of carbonyl (C=O) groups excluding carboxylic acids is 2. The van der Waals surface area contributed by atoms with E-state index >= 15 is 0 Å². The molecule has 0 aliphatic heterocycles. The van der Waals surface area contributed by atoms with Crippen molar-refractivity contribution in [2.45, 2.75) is 13.3 Å². The molecule has 2 rings (SSSR count). The Morgan fingerprint density at radius 2 is 1.90 bits per heavy atom. The lowest BCUT2D eigenvalue weighted by atomic mass is 10.2. The Morgan fingerprint density at radius 3 is 2.55 bits per heavy atom. The molecule has 0 spiro atoms. The Kier molecular flexibility index (Phi) is 9.82. The van der Waals surface area contributed by atoms with Crippen LogP contribution in [0, 0.1) is 3.57 Å². The van der Waals surface area contributed by atoms with Crippen LogP contribution < -0.4 is 25.0 Å². The topological polar surface area (TPSA) is 98.2 Å². The number of nitrogens with one attached hydrogen (secondary N) is 2. The van der Waals surface area contributed by atoms with E-state index in [2.05, 4.69) is 45.0 Å². The molecule has 2 N–H and O–H groups in total. The molecule has 0 aromatic heterocycles. The first-order valence-corrected chi connectivity index (χ1v) is 10.5. The standard InChI is InChI=1S/C22H24IN3O5/c1-4-10-31-22-18(23)11-15(12-19(22)29-3)14-24-26-21(28)13-20(27)25-16-6-8-17(9-7-16)30-5-2/h4,6-9,11-12,14H,1,5,10,13H2,2-3H3,(H,25,27)(H,26,28). The molecule has 0 saturated heterocycles. The summed E-state index contributed by atoms with van der Waals surface area (Å²) >= 11 is 2.12. The van der Waals surface area contributed by atoms with E-state index in [0.717, 1.165) is 3.57 Å². The maximum Gasteiger partial charge on any atom is 0.249 e. The third kappa shape index (κ3) is 7.93. The fourth-order valence-corrected chi connectivity index (χ4v) is 3.25. The van der Waals surface area contributed by atoms with Crippen molar-refractivity contribution >= 4 is 46.3 Å². The lowest BCUT2D eigenvalue weighted by Crippen LogP contribution is -2.24. The SMILES string of the molecule is C=CCOc1c(I)cc(C=NNC(=O)CC(=O)Nc2ccc(OCC)cc2)cc1OC. The Morgan fingerprint density at radius 1 is 1.16 bits per heavy atom. The van der Waals surface area contributed by atoms with Gasteiger partial charge in [-0.2, -0.15) is 5.10 Å². The summed E-state index contributed by atoms with van der Waals surface area (Å²) < 4.78 is 17.1. The Balaban J connectivity index is 1.89. The fourth-order valence-electron chi connectivity index (χ4n) is 2.47. The molecule has 0 aliphatic carbocycles. The van der Waals surface area contributed by atoms with Crippen LogP contribution in [0.4, 0.5) is 5.69 Å². The molecular weight excluding hydrogens is 513 g/mol. The number of halogens is 1. The molecular formula is C22H24IN3O5. The van der Waals surface area contributed by atoms with Gasteiger partial charge in [0.1, 0.15) is 18.8 Å². The molecule has 2 aromatic rings. The first kappa shape index (κ1) is 24.2. The molecule has 0 saturated carbocycles. The fraction of sp³-hybridized carbons (Fsp3) is 0.227. The predicted molar refractivity (Wildman–Crippen MR) is 128 cm³/mol. The molecule has 2 amide bonds. The van der Waals surface area contributed by atoms with Gasteiger partial charge in [-0.25, -0.2) is 5.43 Å². The minimum absolute atomic E-state index is 0.356. The molecule has 0 atom stereocenters. The average Bonchev–Trinajstić information content (AvgIpc) is 2.74. The zero-order chi connectivity index (χ0) is 22.6. The van der Waals surface area contributed by atoms with Crippen LogP contribution >= 0.6 is 22.6 Å². The second kappa shape index (κ2) is 12.6. The van der Waals surface area contributed by atoms with Gasteiger partial charge in [0.15, 0.2) is 11.5 Å². The van der Waals surface area contributed by atoms with Crippen LogP contribution in [0.15, 0.2) is 54.2 Å². The van der Waals surface area contributed by atoms with Crippen molar-refractivity contribution in [3.63, 3.8) is 0 Å². The van der Waals surface area contributed by atoms with Gasteiger partial charge < -0.3 is 19.5 Å². The molecule has 8 nitrogen and oxygen atoms in total. The number of hydrazone groups is 1. The number of hydrogen-bond acceptors (Lipinski definition) is 6. The zero-order valence-corrected chi connectivity index (χ0v) is 19.5. The van der Waals surface area contributed by atoms with E-state index in [1.807, 2.05) is 13.0 Å². The van der Waals surface area contributed by atoms with Gasteiger partial charge in [-0.1, -0.05) is 12.7 Å². The second-order valence-corrected chi connectivity index (χ2v) is 7.27. The van der Waals surface area contributed by atoms with Crippen molar-refractivity contribution in [3.8, 4) is 17.2 Å². The van der Waals surface area contributed by atoms with Crippen molar-refractivity contribution in [2.75, 3.05) is 25.6 Å². The summed E-state index contributed by atoms with van der Waals surface area (Å²) in [6.07, 6.45) is 2.75. The van der Waals surface area contributed by atoms with E-state index in [4.69, 9.17) is 14.2 Å². The first-order valence-electron chi connectivity index (χ1n) is 9.42. The van der Waals surface area contributed by atoms with Gasteiger partial charge >= 0.3 is 0 Å². The minimum Gasteiger partial charge on any atom is -0.494 e. The summed E-state index contributed by atoms with van der Waals surface area (Å²) in [6.45, 7) is 6.43. The first-order chi connectivity index (χ1) is 15.0. The third-order valence-corrected chi connectivity index (χ3v) is 4.57. The number of rotatable bonds is 11. The molecule has 0 radical (unpaired) electrons. The Labute approximate surface area is 194 Å². The van der Waals surface area contributed by atoms with Crippen LogP contribution in [-0.2, 0) is 9.59 Å². The highest BCUT2D eigenvalue weighted by atomic mass is 127. The minimum atomic E-state index is -0.535. The van der Waals surface area contributed by atoms with Gasteiger partial charge in [0.2, 0.25) is 11.8 Å². The average molecular weight is 537 g/mol. The summed E-state index contributed by atoms with van der Waals surface area (Å²) in [5, 5.41) is 6.56. The molecule has 164 valence electrons. The van der Waals surface area contributed by atoms with Crippen molar-refractivity contribution < 1.29 is 23.8 Å². The van der Waals surface area contributed by atoms with Gasteiger partial charge in [-0.3, -0.25) is 9.59 Å². The number of nitrogens with zero attached hydrogens (tertiary/aromatic N) is 1. The zero-order valence-electron chi connectivity index (χ0n) is 17.3. The van der Waals surface area contributed by atoms with Crippen molar-refractivity contribution in [1.82, 2.24) is 5.43 Å². The Bertz CT molecular complexity index is 945. The number of hydrogen-bond donors (Lipinski definition) is 2. The summed E-state index contributed by atoms with van der Waals surface area (Å²) in [7, 11) is 1.54. The van der Waals surface area contributed by atoms with Crippen molar-refractivity contribution in [3.05, 3.63) is 58.2 Å². The normalized spacial score (nSPS) is 10.4. The third-order valence-electron chi connectivity index (χ3n) is 3.77. The van der Waals surface area contributed by atoms with E-state index in [0.29, 0.717) is 41.7 Å². The van der Waals surface area contributed by atoms with E-state index < -0.39 is 11.8 Å². The number of carbonyl (C=O) groups is 2. The van der Waals surface area contributed by atoms with Gasteiger partial charge in [-0.05, 0) is 71.5 Å². The molecule has 0 heterocycles. The highest BCUT2D eigenvalue weighted by molar-refractivity contribution is 14.1. The summed E-state index contributed by atoms with van der Waals surface area (Å²) in [5.41, 5.74) is 3.62. The number of benzene rings is 2. The van der Waals surface area contributed by atoms with E-state index in [1.165, 1.54) is 13.3 Å². The van der Waals surface area contributed by atoms with Crippen molar-refractivity contribution in [2.24, 2.45) is 5.10 Å². The molecule has 0 fully saturated rings. The largest absolute Gasteiger partial charge is 0.494 e. The predicted octanol–water partition coefficient (Wildman–Crippen LogP) is 3.74. The highest BCUT2D eigenvalue weighted by Crippen LogP contribution is 2.33. The monoisotopic (exact) mass is 537 g/mol. The van der Waals surface area contributed by atoms with Crippen LogP contribution in [0.2, 0.25) is 0 Å². The van der Waals surface area contributed by atoms with Gasteiger partial charge in [0.05, 0.1) is 23.5 Å². The van der Waals surface area contributed by atoms with Crippen LogP contribution in [0.5, 0.6) is 17.2 Å². The second-order valence-electron chi connectivity index (χ2n) is 6.11. The van der Waals surface area contributed by atoms with Gasteiger partial charge in [0.25, 0.3) is 0 Å². The summed E-state index contributed by atoms with van der Waals surface area (Å²) in [4.78, 5) is 24.0. The number of amides is 2. The number of methoxy groups -OCH3 is 1. The summed E-state index contributed by atoms with van der Waals surface area (Å²) in [6, 6.07) is 10.5. The van der Waals surface area contributed by atoms with Crippen LogP contribution in [0.1, 0.15) is 18.9 Å². The molecule has 9 heteroatoms. The molecule has 0 unspecified atom stereocenters. The molecule has 0 aliphatic rings. The van der Waals surface area contributed by atoms with Crippen LogP contribution in [0.3, 0.4) is 0 Å². The van der Waals surface area contributed by atoms with Crippen LogP contribution in [0.25, 0.3) is 0 Å². The van der Waals surface area contributed by atoms with Gasteiger partial charge in [0, 0.05) is 5.69 Å². The summed E-state index contributed by atoms with van der Waals surface area (Å²) in [5.74, 6) is 0.870. The smallest absolute Gasteiger partial charge is 0.249 e. The highest BCUT2D eigenvalue weighted by Gasteiger charge is 2.11. The number of anilines is 1. The van der Waals surface area contributed by atoms with Crippen molar-refractivity contribution in [1.29, 1.82) is 0 Å². The quantitative estimate of drug-likeness (QED) is 0.150. The lowest BCUT2D eigenvalue weighted by molar-refractivity contribution is -0.126.